The van der Waals surface area contributed by atoms with Gasteiger partial charge in [-0.05, 0) is 41.5 Å². The molecule has 3 nitrogen and oxygen atoms in total. The van der Waals surface area contributed by atoms with E-state index in [1.807, 2.05) is 6.07 Å². The first-order valence-corrected chi connectivity index (χ1v) is 10.2. The van der Waals surface area contributed by atoms with Gasteiger partial charge in [0, 0.05) is 45.7 Å². The van der Waals surface area contributed by atoms with Crippen molar-refractivity contribution in [1.29, 1.82) is 0 Å². The van der Waals surface area contributed by atoms with E-state index in [9.17, 15) is 4.39 Å². The molecule has 0 unspecified atom stereocenters. The quantitative estimate of drug-likeness (QED) is 0.255. The molecule has 0 radical (unpaired) electrons. The van der Waals surface area contributed by atoms with Crippen molar-refractivity contribution in [2.45, 2.75) is 18.1 Å². The third-order valence-electron chi connectivity index (χ3n) is 6.37. The van der Waals surface area contributed by atoms with Crippen LogP contribution in [0.25, 0.3) is 21.8 Å². The molecule has 0 saturated heterocycles. The van der Waals surface area contributed by atoms with E-state index in [0.717, 1.165) is 5.56 Å². The third-order valence-corrected chi connectivity index (χ3v) is 6.37. The fourth-order valence-electron chi connectivity index (χ4n) is 4.93. The van der Waals surface area contributed by atoms with Gasteiger partial charge in [-0.1, -0.05) is 36.4 Å². The SMILES string of the molecule is Fc1ccc2c3c([nH]c2c1)[C@@](c1c[nH]c2ccccc12)(C(F)(F)F)Nc1ccccc1C3. The Bertz CT molecular complexity index is 1490. The number of benzene rings is 3. The molecule has 160 valence electrons. The average Bonchev–Trinajstić information content (AvgIpc) is 3.30. The highest BCUT2D eigenvalue weighted by atomic mass is 19.4. The lowest BCUT2D eigenvalue weighted by atomic mass is 9.83. The van der Waals surface area contributed by atoms with E-state index in [-0.39, 0.29) is 17.7 Å². The predicted octanol–water partition coefficient (Wildman–Crippen LogP) is 6.61. The topological polar surface area (TPSA) is 43.6 Å². The molecule has 1 atom stereocenters. The zero-order valence-corrected chi connectivity index (χ0v) is 16.6. The average molecular weight is 435 g/mol. The molecule has 3 heterocycles. The van der Waals surface area contributed by atoms with Crippen LogP contribution in [0.2, 0.25) is 0 Å². The van der Waals surface area contributed by atoms with Gasteiger partial charge in [0.1, 0.15) is 5.82 Å². The van der Waals surface area contributed by atoms with Crippen LogP contribution in [0.5, 0.6) is 0 Å². The normalized spacial score (nSPS) is 18.2. The number of para-hydroxylation sites is 2. The summed E-state index contributed by atoms with van der Waals surface area (Å²) in [5, 5.41) is 3.91. The van der Waals surface area contributed by atoms with Gasteiger partial charge in [-0.2, -0.15) is 13.2 Å². The van der Waals surface area contributed by atoms with Gasteiger partial charge in [-0.15, -0.1) is 0 Å². The highest BCUT2D eigenvalue weighted by Gasteiger charge is 2.61. The Morgan fingerprint density at radius 2 is 1.62 bits per heavy atom. The van der Waals surface area contributed by atoms with E-state index in [1.165, 1.54) is 18.3 Å². The maximum Gasteiger partial charge on any atom is 0.421 e. The molecule has 6 rings (SSSR count). The summed E-state index contributed by atoms with van der Waals surface area (Å²) in [6.45, 7) is 0. The van der Waals surface area contributed by atoms with Crippen LogP contribution in [0.15, 0.2) is 72.9 Å². The number of hydrogen-bond acceptors (Lipinski definition) is 1. The number of fused-ring (bicyclic) bond motifs is 5. The summed E-state index contributed by atoms with van der Waals surface area (Å²) < 4.78 is 59.8. The van der Waals surface area contributed by atoms with Crippen LogP contribution in [0.1, 0.15) is 22.4 Å². The first-order chi connectivity index (χ1) is 15.4. The number of aromatic nitrogens is 2. The largest absolute Gasteiger partial charge is 0.421 e. The van der Waals surface area contributed by atoms with E-state index in [1.54, 1.807) is 48.5 Å². The lowest BCUT2D eigenvalue weighted by Crippen LogP contribution is -2.50. The van der Waals surface area contributed by atoms with Gasteiger partial charge in [0.15, 0.2) is 0 Å². The van der Waals surface area contributed by atoms with Gasteiger partial charge in [0.05, 0.1) is 5.69 Å². The summed E-state index contributed by atoms with van der Waals surface area (Å²) in [5.41, 5.74) is 0.0697. The Balaban J connectivity index is 1.79. The molecule has 32 heavy (non-hydrogen) atoms. The Kier molecular flexibility index (Phi) is 3.79. The first-order valence-electron chi connectivity index (χ1n) is 10.2. The van der Waals surface area contributed by atoms with Gasteiger partial charge in [0.25, 0.3) is 0 Å². The Morgan fingerprint density at radius 1 is 0.844 bits per heavy atom. The summed E-state index contributed by atoms with van der Waals surface area (Å²) in [6.07, 6.45) is -3.02. The molecular formula is C25H17F4N3. The van der Waals surface area contributed by atoms with E-state index in [2.05, 4.69) is 15.3 Å². The lowest BCUT2D eigenvalue weighted by molar-refractivity contribution is -0.170. The summed E-state index contributed by atoms with van der Waals surface area (Å²) in [5.74, 6) is -0.507. The van der Waals surface area contributed by atoms with E-state index < -0.39 is 17.5 Å². The second-order valence-corrected chi connectivity index (χ2v) is 8.12. The Hall–Kier alpha value is -3.74. The Labute approximate surface area is 180 Å². The molecular weight excluding hydrogens is 418 g/mol. The fraction of sp³-hybridized carbons (Fsp3) is 0.120. The predicted molar refractivity (Wildman–Crippen MR) is 116 cm³/mol. The van der Waals surface area contributed by atoms with Crippen molar-refractivity contribution in [1.82, 2.24) is 9.97 Å². The van der Waals surface area contributed by atoms with E-state index >= 15 is 13.2 Å². The summed E-state index contributed by atoms with van der Waals surface area (Å²) >= 11 is 0. The van der Waals surface area contributed by atoms with Gasteiger partial charge in [-0.25, -0.2) is 4.39 Å². The maximum atomic E-state index is 15.3. The molecule has 7 heteroatoms. The molecule has 0 amide bonds. The molecule has 0 saturated carbocycles. The monoisotopic (exact) mass is 435 g/mol. The highest BCUT2D eigenvalue weighted by Crippen LogP contribution is 2.52. The number of anilines is 1. The lowest BCUT2D eigenvalue weighted by Gasteiger charge is -2.37. The molecule has 0 spiro atoms. The van der Waals surface area contributed by atoms with Crippen LogP contribution in [-0.2, 0) is 12.0 Å². The summed E-state index contributed by atoms with van der Waals surface area (Å²) in [7, 11) is 0. The van der Waals surface area contributed by atoms with E-state index in [0.29, 0.717) is 33.1 Å². The number of hydrogen-bond donors (Lipinski definition) is 3. The number of H-pyrrole nitrogens is 2. The Morgan fingerprint density at radius 3 is 2.47 bits per heavy atom. The minimum atomic E-state index is -4.72. The first kappa shape index (κ1) is 19.0. The van der Waals surface area contributed by atoms with Crippen molar-refractivity contribution >= 4 is 27.5 Å². The van der Waals surface area contributed by atoms with Crippen LogP contribution in [0, 0.1) is 5.82 Å². The summed E-state index contributed by atoms with van der Waals surface area (Å²) in [6, 6.07) is 18.0. The maximum absolute atomic E-state index is 15.3. The van der Waals surface area contributed by atoms with Gasteiger partial charge >= 0.3 is 6.18 Å². The zero-order chi connectivity index (χ0) is 22.1. The van der Waals surface area contributed by atoms with Gasteiger partial charge in [-0.3, -0.25) is 0 Å². The minimum Gasteiger partial charge on any atom is -0.363 e. The molecule has 0 bridgehead atoms. The molecule has 2 aromatic heterocycles. The highest BCUT2D eigenvalue weighted by molar-refractivity contribution is 5.90. The van der Waals surface area contributed by atoms with E-state index in [4.69, 9.17) is 0 Å². The van der Waals surface area contributed by atoms with Crippen molar-refractivity contribution in [2.75, 3.05) is 5.32 Å². The van der Waals surface area contributed by atoms with Crippen molar-refractivity contribution in [3.63, 3.8) is 0 Å². The smallest absolute Gasteiger partial charge is 0.363 e. The number of halogens is 4. The van der Waals surface area contributed by atoms with Crippen LogP contribution in [0.4, 0.5) is 23.2 Å². The fourth-order valence-corrected chi connectivity index (χ4v) is 4.93. The minimum absolute atomic E-state index is 0.0217. The van der Waals surface area contributed by atoms with Crippen LogP contribution in [0.3, 0.4) is 0 Å². The van der Waals surface area contributed by atoms with Crippen molar-refractivity contribution in [3.05, 3.63) is 101 Å². The third kappa shape index (κ3) is 2.48. The zero-order valence-electron chi connectivity index (χ0n) is 16.6. The summed E-state index contributed by atoms with van der Waals surface area (Å²) in [4.78, 5) is 5.93. The van der Waals surface area contributed by atoms with Crippen LogP contribution in [-0.4, -0.2) is 16.1 Å². The molecule has 3 N–H and O–H groups in total. The number of nitrogens with one attached hydrogen (secondary N) is 3. The standard InChI is InChI=1S/C25H17F4N3/c26-15-9-10-16-18-11-14-5-1-3-7-20(14)32-24(25(27,28)29,23(18)31-22(16)12-15)19-13-30-21-8-4-2-6-17(19)21/h1-10,12-13,30-32H,11H2/t24-/m0/s1. The molecule has 1 aliphatic rings. The van der Waals surface area contributed by atoms with Crippen molar-refractivity contribution in [2.24, 2.45) is 0 Å². The van der Waals surface area contributed by atoms with Crippen LogP contribution < -0.4 is 5.32 Å². The molecule has 5 aromatic rings. The number of aromatic amines is 2. The van der Waals surface area contributed by atoms with Crippen molar-refractivity contribution in [3.8, 4) is 0 Å². The van der Waals surface area contributed by atoms with Crippen molar-refractivity contribution < 1.29 is 17.6 Å². The van der Waals surface area contributed by atoms with Crippen LogP contribution >= 0.6 is 0 Å². The molecule has 1 aliphatic heterocycles. The number of alkyl halides is 3. The second-order valence-electron chi connectivity index (χ2n) is 8.12. The molecule has 0 aliphatic carbocycles. The molecule has 3 aromatic carbocycles. The number of rotatable bonds is 1. The second kappa shape index (κ2) is 6.38. The van der Waals surface area contributed by atoms with Gasteiger partial charge in [0.2, 0.25) is 5.54 Å². The molecule has 0 fully saturated rings. The van der Waals surface area contributed by atoms with Gasteiger partial charge < -0.3 is 15.3 Å².